The lowest BCUT2D eigenvalue weighted by Gasteiger charge is -2.13. The van der Waals surface area contributed by atoms with E-state index in [1.807, 2.05) is 0 Å². The number of carbonyl (C=O) groups excluding carboxylic acids is 2. The molecular weight excluding hydrogens is 294 g/mol. The summed E-state index contributed by atoms with van der Waals surface area (Å²) in [5, 5.41) is 11.6. The lowest BCUT2D eigenvalue weighted by molar-refractivity contribution is -0.141. The summed E-state index contributed by atoms with van der Waals surface area (Å²) in [6.07, 6.45) is 2.16. The van der Waals surface area contributed by atoms with Gasteiger partial charge < -0.3 is 10.4 Å². The second kappa shape index (κ2) is 7.70. The molecule has 23 heavy (non-hydrogen) atoms. The molecule has 2 aromatic carbocycles. The van der Waals surface area contributed by atoms with Crippen LogP contribution in [0.3, 0.4) is 0 Å². The molecule has 116 valence electrons. The molecule has 2 aromatic rings. The highest BCUT2D eigenvalue weighted by molar-refractivity contribution is 6.07. The van der Waals surface area contributed by atoms with Gasteiger partial charge in [-0.25, -0.2) is 4.79 Å². The molecule has 0 aliphatic rings. The summed E-state index contributed by atoms with van der Waals surface area (Å²) < 4.78 is 0. The summed E-state index contributed by atoms with van der Waals surface area (Å²) in [6.45, 7) is 0. The van der Waals surface area contributed by atoms with E-state index in [-0.39, 0.29) is 5.78 Å². The predicted molar refractivity (Wildman–Crippen MR) is 84.9 cm³/mol. The van der Waals surface area contributed by atoms with Crippen molar-refractivity contribution in [1.82, 2.24) is 5.32 Å². The molecule has 0 fully saturated rings. The van der Waals surface area contributed by atoms with Crippen molar-refractivity contribution in [2.45, 2.75) is 6.04 Å². The van der Waals surface area contributed by atoms with Gasteiger partial charge >= 0.3 is 5.97 Å². The zero-order chi connectivity index (χ0) is 16.7. The Labute approximate surface area is 133 Å². The minimum absolute atomic E-state index is 0.327. The Kier molecular flexibility index (Phi) is 5.41. The second-order valence-electron chi connectivity index (χ2n) is 4.75. The lowest BCUT2D eigenvalue weighted by atomic mass is 10.1. The molecule has 0 saturated heterocycles. The number of amides is 1. The van der Waals surface area contributed by atoms with Crippen molar-refractivity contribution in [1.29, 1.82) is 0 Å². The van der Waals surface area contributed by atoms with Crippen LogP contribution in [0.1, 0.15) is 22.0 Å². The van der Waals surface area contributed by atoms with Crippen LogP contribution in [0.2, 0.25) is 0 Å². The van der Waals surface area contributed by atoms with E-state index in [0.29, 0.717) is 11.1 Å². The van der Waals surface area contributed by atoms with Crippen molar-refractivity contribution in [3.05, 3.63) is 83.9 Å². The van der Waals surface area contributed by atoms with Gasteiger partial charge in [0.15, 0.2) is 11.8 Å². The number of carboxylic acids is 1. The van der Waals surface area contributed by atoms with Gasteiger partial charge in [0.1, 0.15) is 0 Å². The minimum Gasteiger partial charge on any atom is -0.479 e. The zero-order valence-corrected chi connectivity index (χ0v) is 12.2. The second-order valence-corrected chi connectivity index (χ2v) is 4.75. The number of benzene rings is 2. The Morgan fingerprint density at radius 1 is 0.870 bits per heavy atom. The smallest absolute Gasteiger partial charge is 0.330 e. The molecule has 2 rings (SSSR count). The summed E-state index contributed by atoms with van der Waals surface area (Å²) in [7, 11) is 0. The van der Waals surface area contributed by atoms with Gasteiger partial charge in [0.25, 0.3) is 0 Å². The Morgan fingerprint density at radius 3 is 2.00 bits per heavy atom. The quantitative estimate of drug-likeness (QED) is 0.634. The van der Waals surface area contributed by atoms with Crippen molar-refractivity contribution in [2.24, 2.45) is 0 Å². The van der Waals surface area contributed by atoms with E-state index in [4.69, 9.17) is 0 Å². The molecule has 0 aliphatic heterocycles. The Morgan fingerprint density at radius 2 is 1.43 bits per heavy atom. The first kappa shape index (κ1) is 16.2. The summed E-state index contributed by atoms with van der Waals surface area (Å²) in [5.41, 5.74) is 0.908. The fourth-order valence-corrected chi connectivity index (χ4v) is 1.97. The molecule has 0 heterocycles. The highest BCUT2D eigenvalue weighted by Gasteiger charge is 2.20. The first-order valence-corrected chi connectivity index (χ1v) is 6.93. The van der Waals surface area contributed by atoms with Crippen LogP contribution in [0, 0.1) is 0 Å². The van der Waals surface area contributed by atoms with Crippen LogP contribution in [0.5, 0.6) is 0 Å². The summed E-state index contributed by atoms with van der Waals surface area (Å²) in [6, 6.07) is 15.7. The third-order valence-electron chi connectivity index (χ3n) is 3.11. The number of hydrogen-bond donors (Lipinski definition) is 2. The predicted octanol–water partition coefficient (Wildman–Crippen LogP) is 2.37. The van der Waals surface area contributed by atoms with Gasteiger partial charge in [-0.2, -0.15) is 0 Å². The van der Waals surface area contributed by atoms with Crippen LogP contribution < -0.4 is 5.32 Å². The van der Waals surface area contributed by atoms with Gasteiger partial charge in [-0.15, -0.1) is 0 Å². The van der Waals surface area contributed by atoms with Crippen molar-refractivity contribution in [3.8, 4) is 0 Å². The molecular formula is C18H15NO4. The number of allylic oxidation sites excluding steroid dienone is 1. The van der Waals surface area contributed by atoms with E-state index in [2.05, 4.69) is 5.32 Å². The van der Waals surface area contributed by atoms with E-state index < -0.39 is 17.9 Å². The van der Waals surface area contributed by atoms with E-state index in [1.165, 1.54) is 0 Å². The van der Waals surface area contributed by atoms with E-state index in [9.17, 15) is 19.5 Å². The number of hydrogen-bond acceptors (Lipinski definition) is 3. The monoisotopic (exact) mass is 309 g/mol. The lowest BCUT2D eigenvalue weighted by Crippen LogP contribution is -2.32. The maximum Gasteiger partial charge on any atom is 0.330 e. The number of carboxylic acid groups (broad SMARTS) is 1. The molecule has 5 heteroatoms. The molecule has 5 nitrogen and oxygen atoms in total. The van der Waals surface area contributed by atoms with E-state index in [0.717, 1.165) is 12.2 Å². The zero-order valence-electron chi connectivity index (χ0n) is 12.2. The fourth-order valence-electron chi connectivity index (χ4n) is 1.97. The maximum atomic E-state index is 11.9. The number of carbonyl (C=O) groups is 3. The standard InChI is InChI=1S/C18H15NO4/c20-15(13-7-3-1-4-8-13)11-12-16(21)19-17(18(22)23)14-9-5-2-6-10-14/h1-12,17H,(H,19,21)(H,22,23)/b12-11+/t17-/m0/s1. The van der Waals surface area contributed by atoms with E-state index >= 15 is 0 Å². The Hall–Kier alpha value is -3.21. The average molecular weight is 309 g/mol. The van der Waals surface area contributed by atoms with Crippen molar-refractivity contribution in [3.63, 3.8) is 0 Å². The number of ketones is 1. The molecule has 0 saturated carbocycles. The van der Waals surface area contributed by atoms with Gasteiger partial charge in [0, 0.05) is 11.6 Å². The topological polar surface area (TPSA) is 83.5 Å². The van der Waals surface area contributed by atoms with Crippen molar-refractivity contribution >= 4 is 17.7 Å². The van der Waals surface area contributed by atoms with Crippen molar-refractivity contribution in [2.75, 3.05) is 0 Å². The number of rotatable bonds is 6. The Bertz CT molecular complexity index is 723. The molecule has 0 aromatic heterocycles. The van der Waals surface area contributed by atoms with Gasteiger partial charge in [-0.1, -0.05) is 60.7 Å². The molecule has 0 bridgehead atoms. The van der Waals surface area contributed by atoms with Crippen LogP contribution in [-0.2, 0) is 9.59 Å². The highest BCUT2D eigenvalue weighted by atomic mass is 16.4. The molecule has 0 aliphatic carbocycles. The summed E-state index contributed by atoms with van der Waals surface area (Å²) in [4.78, 5) is 35.0. The number of aliphatic carboxylic acids is 1. The third-order valence-corrected chi connectivity index (χ3v) is 3.11. The molecule has 0 unspecified atom stereocenters. The molecule has 2 N–H and O–H groups in total. The average Bonchev–Trinajstić information content (AvgIpc) is 2.58. The van der Waals surface area contributed by atoms with Crippen LogP contribution in [0.25, 0.3) is 0 Å². The normalized spacial score (nSPS) is 11.8. The van der Waals surface area contributed by atoms with E-state index in [1.54, 1.807) is 60.7 Å². The van der Waals surface area contributed by atoms with Crippen molar-refractivity contribution < 1.29 is 19.5 Å². The van der Waals surface area contributed by atoms with Gasteiger partial charge in [-0.3, -0.25) is 9.59 Å². The molecule has 1 atom stereocenters. The summed E-state index contributed by atoms with van der Waals surface area (Å²) >= 11 is 0. The molecule has 0 spiro atoms. The van der Waals surface area contributed by atoms with Crippen LogP contribution in [0.4, 0.5) is 0 Å². The van der Waals surface area contributed by atoms with Gasteiger partial charge in [0.05, 0.1) is 0 Å². The largest absolute Gasteiger partial charge is 0.479 e. The minimum atomic E-state index is -1.17. The van der Waals surface area contributed by atoms with Crippen LogP contribution >= 0.6 is 0 Å². The van der Waals surface area contributed by atoms with Crippen LogP contribution in [-0.4, -0.2) is 22.8 Å². The first-order valence-electron chi connectivity index (χ1n) is 6.93. The molecule has 0 radical (unpaired) electrons. The van der Waals surface area contributed by atoms with Gasteiger partial charge in [-0.05, 0) is 11.6 Å². The third kappa shape index (κ3) is 4.64. The fraction of sp³-hybridized carbons (Fsp3) is 0.0556. The van der Waals surface area contributed by atoms with Crippen LogP contribution in [0.15, 0.2) is 72.8 Å². The number of nitrogens with one attached hydrogen (secondary N) is 1. The van der Waals surface area contributed by atoms with Gasteiger partial charge in [0.2, 0.25) is 5.91 Å². The first-order chi connectivity index (χ1) is 11.1. The SMILES string of the molecule is O=C(/C=C/C(=O)c1ccccc1)N[C@H](C(=O)O)c1ccccc1. The Balaban J connectivity index is 2.04. The maximum absolute atomic E-state index is 11.9. The summed E-state index contributed by atoms with van der Waals surface area (Å²) in [5.74, 6) is -2.15. The molecule has 1 amide bonds. The highest BCUT2D eigenvalue weighted by Crippen LogP contribution is 2.12.